The highest BCUT2D eigenvalue weighted by Crippen LogP contribution is 2.35. The first-order valence-electron chi connectivity index (χ1n) is 15.0. The molecular formula is C31H40F4N4O2. The van der Waals surface area contributed by atoms with Gasteiger partial charge in [0.2, 0.25) is 0 Å². The minimum Gasteiger partial charge on any atom is -0.370 e. The molecule has 1 aromatic carbocycles. The van der Waals surface area contributed by atoms with Gasteiger partial charge in [-0.2, -0.15) is 18.3 Å². The number of amides is 1. The summed E-state index contributed by atoms with van der Waals surface area (Å²) in [6.07, 6.45) is 5.44. The van der Waals surface area contributed by atoms with E-state index in [9.17, 15) is 22.4 Å². The fourth-order valence-electron chi connectivity index (χ4n) is 6.47. The predicted octanol–water partition coefficient (Wildman–Crippen LogP) is 6.52. The maximum absolute atomic E-state index is 14.3. The van der Waals surface area contributed by atoms with Crippen LogP contribution in [0.3, 0.4) is 0 Å². The van der Waals surface area contributed by atoms with Crippen molar-refractivity contribution in [3.8, 4) is 0 Å². The van der Waals surface area contributed by atoms with Crippen molar-refractivity contribution in [2.75, 3.05) is 13.1 Å². The number of nitrogens with zero attached hydrogens (tertiary/aromatic N) is 3. The number of carbonyl (C=O) groups is 1. The van der Waals surface area contributed by atoms with Crippen LogP contribution in [-0.4, -0.2) is 58.5 Å². The number of rotatable bonds is 7. The topological polar surface area (TPSA) is 67.4 Å². The number of hydrogen-bond acceptors (Lipinski definition) is 5. The molecule has 0 spiro atoms. The second-order valence-corrected chi connectivity index (χ2v) is 11.8. The van der Waals surface area contributed by atoms with Crippen molar-refractivity contribution in [3.05, 3.63) is 58.4 Å². The number of aryl methyl sites for hydroxylation is 1. The summed E-state index contributed by atoms with van der Waals surface area (Å²) in [5.74, 6) is -0.118. The van der Waals surface area contributed by atoms with E-state index < -0.39 is 17.9 Å². The minimum absolute atomic E-state index is 0.0256. The zero-order valence-electron chi connectivity index (χ0n) is 23.6. The van der Waals surface area contributed by atoms with Gasteiger partial charge in [0, 0.05) is 25.2 Å². The first-order valence-corrected chi connectivity index (χ1v) is 15.0. The lowest BCUT2D eigenvalue weighted by Gasteiger charge is -2.36. The van der Waals surface area contributed by atoms with Crippen LogP contribution < -0.4 is 5.32 Å². The number of halogens is 4. The molecule has 2 unspecified atom stereocenters. The summed E-state index contributed by atoms with van der Waals surface area (Å²) >= 11 is 0. The van der Waals surface area contributed by atoms with Crippen LogP contribution in [0.15, 0.2) is 30.5 Å². The van der Waals surface area contributed by atoms with E-state index in [1.165, 1.54) is 12.1 Å². The number of alkyl halides is 4. The minimum atomic E-state index is -4.35. The van der Waals surface area contributed by atoms with Gasteiger partial charge < -0.3 is 15.0 Å². The summed E-state index contributed by atoms with van der Waals surface area (Å²) in [5, 5.41) is 11.8. The molecule has 2 aromatic rings. The summed E-state index contributed by atoms with van der Waals surface area (Å²) in [5.41, 5.74) is 2.25. The van der Waals surface area contributed by atoms with Crippen LogP contribution in [0.2, 0.25) is 0 Å². The molecule has 0 bridgehead atoms. The van der Waals surface area contributed by atoms with E-state index in [2.05, 4.69) is 15.5 Å². The molecule has 1 amide bonds. The van der Waals surface area contributed by atoms with Crippen LogP contribution in [0.25, 0.3) is 0 Å². The fraction of sp³-hybridized carbons (Fsp3) is 0.645. The van der Waals surface area contributed by atoms with Crippen LogP contribution in [0.5, 0.6) is 0 Å². The number of piperidine rings is 1. The standard InChI is InChI=1S/C31H40F4N4O2/c1-20-22(11-14-25-5-4-8-28(41-25)21-9-12-23(13-10-21)31(33,34)35)19-36-38-29(20)30(40)39-17-15-24(16-18-39)37-27-7-3-2-6-26(27)32/h9-10,12-13,19,24-28,37H,2-8,11,14-18H2,1H3/t25-,26?,27?,28+/m1/s1. The van der Waals surface area contributed by atoms with E-state index in [0.29, 0.717) is 31.6 Å². The summed E-state index contributed by atoms with van der Waals surface area (Å²) in [7, 11) is 0. The van der Waals surface area contributed by atoms with Gasteiger partial charge >= 0.3 is 6.18 Å². The van der Waals surface area contributed by atoms with Gasteiger partial charge in [0.1, 0.15) is 6.17 Å². The Bertz CT molecular complexity index is 1170. The molecule has 41 heavy (non-hydrogen) atoms. The number of likely N-dealkylation sites (tertiary alicyclic amines) is 1. The number of aromatic nitrogens is 2. The van der Waals surface area contributed by atoms with Gasteiger partial charge in [0.25, 0.3) is 5.91 Å². The Kier molecular flexibility index (Phi) is 9.59. The lowest BCUT2D eigenvalue weighted by molar-refractivity contribution is -0.137. The van der Waals surface area contributed by atoms with Crippen molar-refractivity contribution < 1.29 is 27.1 Å². The third-order valence-corrected chi connectivity index (χ3v) is 9.02. The molecular weight excluding hydrogens is 536 g/mol. The summed E-state index contributed by atoms with van der Waals surface area (Å²) in [6.45, 7) is 3.11. The second kappa shape index (κ2) is 13.2. The highest BCUT2D eigenvalue weighted by Gasteiger charge is 2.32. The average Bonchev–Trinajstić information content (AvgIpc) is 2.98. The van der Waals surface area contributed by atoms with Gasteiger partial charge in [0.15, 0.2) is 5.69 Å². The molecule has 2 saturated heterocycles. The first kappa shape index (κ1) is 29.9. The second-order valence-electron chi connectivity index (χ2n) is 11.8. The molecule has 5 rings (SSSR count). The number of ether oxygens (including phenoxy) is 1. The number of hydrogen-bond donors (Lipinski definition) is 1. The molecule has 0 radical (unpaired) electrons. The third kappa shape index (κ3) is 7.44. The highest BCUT2D eigenvalue weighted by molar-refractivity contribution is 5.93. The van der Waals surface area contributed by atoms with E-state index in [1.54, 1.807) is 6.20 Å². The Morgan fingerprint density at radius 1 is 1.02 bits per heavy atom. The van der Waals surface area contributed by atoms with Crippen LogP contribution in [0.4, 0.5) is 17.6 Å². The maximum Gasteiger partial charge on any atom is 0.416 e. The molecule has 2 aliphatic heterocycles. The highest BCUT2D eigenvalue weighted by atomic mass is 19.4. The largest absolute Gasteiger partial charge is 0.416 e. The summed E-state index contributed by atoms with van der Waals surface area (Å²) in [6, 6.07) is 5.40. The molecule has 10 heteroatoms. The Hall–Kier alpha value is -2.59. The molecule has 1 aliphatic carbocycles. The smallest absolute Gasteiger partial charge is 0.370 e. The van der Waals surface area contributed by atoms with Gasteiger partial charge in [-0.1, -0.05) is 25.0 Å². The first-order chi connectivity index (χ1) is 19.7. The fourth-order valence-corrected chi connectivity index (χ4v) is 6.47. The Morgan fingerprint density at radius 3 is 2.46 bits per heavy atom. The van der Waals surface area contributed by atoms with Crippen molar-refractivity contribution in [2.24, 2.45) is 0 Å². The molecule has 3 fully saturated rings. The Balaban J connectivity index is 1.13. The molecule has 1 aromatic heterocycles. The van der Waals surface area contributed by atoms with E-state index in [4.69, 9.17) is 4.74 Å². The molecule has 224 valence electrons. The quantitative estimate of drug-likeness (QED) is 0.380. The molecule has 1 saturated carbocycles. The molecule has 6 nitrogen and oxygen atoms in total. The maximum atomic E-state index is 14.3. The van der Waals surface area contributed by atoms with Crippen molar-refractivity contribution in [3.63, 3.8) is 0 Å². The van der Waals surface area contributed by atoms with E-state index in [1.807, 2.05) is 11.8 Å². The van der Waals surface area contributed by atoms with Crippen LogP contribution >= 0.6 is 0 Å². The monoisotopic (exact) mass is 576 g/mol. The zero-order valence-corrected chi connectivity index (χ0v) is 23.6. The van der Waals surface area contributed by atoms with Gasteiger partial charge in [-0.15, -0.1) is 5.10 Å². The van der Waals surface area contributed by atoms with Crippen LogP contribution in [0, 0.1) is 6.92 Å². The summed E-state index contributed by atoms with van der Waals surface area (Å²) in [4.78, 5) is 15.2. The normalized spacial score (nSPS) is 26.2. The van der Waals surface area contributed by atoms with E-state index in [-0.39, 0.29) is 30.2 Å². The zero-order chi connectivity index (χ0) is 29.0. The molecule has 3 heterocycles. The number of carbonyl (C=O) groups excluding carboxylic acids is 1. The predicted molar refractivity (Wildman–Crippen MR) is 147 cm³/mol. The van der Waals surface area contributed by atoms with Crippen molar-refractivity contribution in [2.45, 2.75) is 114 Å². The number of benzene rings is 1. The van der Waals surface area contributed by atoms with Gasteiger partial charge in [-0.3, -0.25) is 4.79 Å². The van der Waals surface area contributed by atoms with Crippen LogP contribution in [0.1, 0.15) is 103 Å². The van der Waals surface area contributed by atoms with Crippen LogP contribution in [-0.2, 0) is 17.3 Å². The molecule has 1 N–H and O–H groups in total. The van der Waals surface area contributed by atoms with Crippen molar-refractivity contribution >= 4 is 5.91 Å². The lowest BCUT2D eigenvalue weighted by Crippen LogP contribution is -2.51. The third-order valence-electron chi connectivity index (χ3n) is 9.02. The van der Waals surface area contributed by atoms with E-state index >= 15 is 0 Å². The lowest BCUT2D eigenvalue weighted by atomic mass is 9.92. The number of nitrogens with one attached hydrogen (secondary N) is 1. The Labute approximate surface area is 239 Å². The van der Waals surface area contributed by atoms with Gasteiger partial charge in [-0.05, 0) is 93.5 Å². The molecule has 3 aliphatic rings. The molecule has 4 atom stereocenters. The van der Waals surface area contributed by atoms with Gasteiger partial charge in [-0.25, -0.2) is 4.39 Å². The SMILES string of the molecule is Cc1c(CC[C@H]2CCC[C@@H](c3ccc(C(F)(F)F)cc3)O2)cnnc1C(=O)N1CCC(NC2CCCCC2F)CC1. The van der Waals surface area contributed by atoms with E-state index in [0.717, 1.165) is 86.6 Å². The average molecular weight is 577 g/mol. The summed E-state index contributed by atoms with van der Waals surface area (Å²) < 4.78 is 59.3. The van der Waals surface area contributed by atoms with Crippen molar-refractivity contribution in [1.82, 2.24) is 20.4 Å². The van der Waals surface area contributed by atoms with Gasteiger partial charge in [0.05, 0.1) is 24.0 Å². The van der Waals surface area contributed by atoms with Crippen molar-refractivity contribution in [1.29, 1.82) is 0 Å². The Morgan fingerprint density at radius 2 is 1.76 bits per heavy atom.